The van der Waals surface area contributed by atoms with Gasteiger partial charge in [-0.05, 0) is 41.0 Å². The smallest absolute Gasteiger partial charge is 0.0353 e. The summed E-state index contributed by atoms with van der Waals surface area (Å²) >= 11 is 0. The molecule has 0 heterocycles. The first-order valence-electron chi connectivity index (χ1n) is 6.14. The van der Waals surface area contributed by atoms with Crippen molar-refractivity contribution < 1.29 is 0 Å². The van der Waals surface area contributed by atoms with Crippen LogP contribution in [0.1, 0.15) is 37.5 Å². The fourth-order valence-corrected chi connectivity index (χ4v) is 2.37. The number of hydrogen-bond acceptors (Lipinski definition) is 1. The molecule has 0 atom stereocenters. The Bertz CT molecular complexity index is 652. The van der Waals surface area contributed by atoms with Crippen LogP contribution < -0.4 is 5.73 Å². The molecule has 0 aliphatic rings. The number of hydrogen-bond donors (Lipinski definition) is 1. The number of terminal acetylenes is 1. The molecule has 92 valence electrons. The Kier molecular flexibility index (Phi) is 2.83. The van der Waals surface area contributed by atoms with Crippen LogP contribution in [0.3, 0.4) is 0 Å². The zero-order valence-electron chi connectivity index (χ0n) is 11.5. The molecule has 1 nitrogen and oxygen atoms in total. The summed E-state index contributed by atoms with van der Waals surface area (Å²) in [6, 6.07) is 8.19. The van der Waals surface area contributed by atoms with E-state index in [0.717, 1.165) is 22.2 Å². The molecule has 2 N–H and O–H groups in total. The topological polar surface area (TPSA) is 26.0 Å². The number of nitrogens with two attached hydrogens (primary N) is 1. The minimum atomic E-state index is 0.0209. The number of rotatable bonds is 0. The molecule has 2 aromatic rings. The second-order valence-corrected chi connectivity index (χ2v) is 5.82. The largest absolute Gasteiger partial charge is 0.399 e. The lowest BCUT2D eigenvalue weighted by molar-refractivity contribution is 0.596. The lowest BCUT2D eigenvalue weighted by Gasteiger charge is -2.23. The lowest BCUT2D eigenvalue weighted by Crippen LogP contribution is -2.13. The first-order valence-corrected chi connectivity index (χ1v) is 6.14. The van der Waals surface area contributed by atoms with E-state index in [1.165, 1.54) is 10.9 Å². The van der Waals surface area contributed by atoms with Crippen molar-refractivity contribution in [1.82, 2.24) is 0 Å². The normalized spacial score (nSPS) is 11.5. The number of fused-ring (bicyclic) bond motifs is 1. The fraction of sp³-hybridized carbons (Fsp3) is 0.294. The molecule has 0 saturated heterocycles. The predicted molar refractivity (Wildman–Crippen MR) is 79.7 cm³/mol. The first kappa shape index (κ1) is 12.5. The molecule has 0 unspecified atom stereocenters. The Balaban J connectivity index is 3.02. The third-order valence-corrected chi connectivity index (χ3v) is 3.30. The van der Waals surface area contributed by atoms with Gasteiger partial charge in [-0.2, -0.15) is 0 Å². The van der Waals surface area contributed by atoms with Crippen LogP contribution in [0.25, 0.3) is 10.8 Å². The van der Waals surface area contributed by atoms with Gasteiger partial charge in [-0.15, -0.1) is 6.42 Å². The van der Waals surface area contributed by atoms with E-state index < -0.39 is 0 Å². The van der Waals surface area contributed by atoms with Crippen molar-refractivity contribution in [3.05, 3.63) is 41.0 Å². The Labute approximate surface area is 109 Å². The summed E-state index contributed by atoms with van der Waals surface area (Å²) in [5.41, 5.74) is 10.2. The quantitative estimate of drug-likeness (QED) is 0.543. The van der Waals surface area contributed by atoms with Gasteiger partial charge in [0.15, 0.2) is 0 Å². The maximum Gasteiger partial charge on any atom is 0.0353 e. The number of nitrogen functional groups attached to an aromatic ring is 1. The zero-order valence-corrected chi connectivity index (χ0v) is 11.5. The average molecular weight is 237 g/mol. The fourth-order valence-electron chi connectivity index (χ4n) is 2.37. The van der Waals surface area contributed by atoms with E-state index in [1.807, 2.05) is 12.1 Å². The van der Waals surface area contributed by atoms with E-state index in [9.17, 15) is 0 Å². The van der Waals surface area contributed by atoms with Gasteiger partial charge in [0.05, 0.1) is 0 Å². The van der Waals surface area contributed by atoms with Gasteiger partial charge in [-0.1, -0.05) is 38.8 Å². The van der Waals surface area contributed by atoms with Crippen molar-refractivity contribution in [3.8, 4) is 12.3 Å². The Hall–Kier alpha value is -1.94. The molecule has 0 bridgehead atoms. The van der Waals surface area contributed by atoms with Crippen LogP contribution in [0, 0.1) is 19.3 Å². The molecule has 0 aromatic heterocycles. The molecular formula is C17H19N. The number of anilines is 1. The van der Waals surface area contributed by atoms with Crippen molar-refractivity contribution >= 4 is 16.5 Å². The van der Waals surface area contributed by atoms with Crippen LogP contribution in [-0.2, 0) is 5.41 Å². The molecule has 2 aromatic carbocycles. The van der Waals surface area contributed by atoms with Gasteiger partial charge in [-0.25, -0.2) is 0 Å². The zero-order chi connectivity index (χ0) is 13.5. The summed E-state index contributed by atoms with van der Waals surface area (Å²) in [6.45, 7) is 8.61. The van der Waals surface area contributed by atoms with E-state index in [-0.39, 0.29) is 5.41 Å². The predicted octanol–water partition coefficient (Wildman–Crippen LogP) is 4.01. The third kappa shape index (κ3) is 1.95. The molecule has 0 radical (unpaired) electrons. The highest BCUT2D eigenvalue weighted by Gasteiger charge is 2.19. The van der Waals surface area contributed by atoms with Gasteiger partial charge in [0, 0.05) is 16.6 Å². The highest BCUT2D eigenvalue weighted by atomic mass is 14.5. The van der Waals surface area contributed by atoms with Crippen molar-refractivity contribution in [2.45, 2.75) is 33.1 Å². The summed E-state index contributed by atoms with van der Waals surface area (Å²) in [5.74, 6) is 2.83. The SMILES string of the molecule is C#Cc1c(C)ccc2cc(N)cc(C(C)(C)C)c12. The average Bonchev–Trinajstić information content (AvgIpc) is 2.27. The Morgan fingerprint density at radius 1 is 1.17 bits per heavy atom. The van der Waals surface area contributed by atoms with E-state index in [2.05, 4.69) is 45.7 Å². The van der Waals surface area contributed by atoms with Gasteiger partial charge in [0.25, 0.3) is 0 Å². The summed E-state index contributed by atoms with van der Waals surface area (Å²) in [7, 11) is 0. The third-order valence-electron chi connectivity index (χ3n) is 3.30. The molecule has 0 fully saturated rings. The molecule has 1 heteroatoms. The van der Waals surface area contributed by atoms with Crippen LogP contribution in [0.2, 0.25) is 0 Å². The first-order chi connectivity index (χ1) is 8.34. The molecule has 0 aliphatic carbocycles. The summed E-state index contributed by atoms with van der Waals surface area (Å²) in [5, 5.41) is 2.29. The van der Waals surface area contributed by atoms with Gasteiger partial charge in [0.1, 0.15) is 0 Å². The standard InChI is InChI=1S/C17H19N/c1-6-14-11(2)7-8-12-9-13(18)10-15(16(12)14)17(3,4)5/h1,7-10H,18H2,2-5H3. The maximum atomic E-state index is 6.00. The molecule has 0 spiro atoms. The summed E-state index contributed by atoms with van der Waals surface area (Å²) in [4.78, 5) is 0. The number of benzene rings is 2. The van der Waals surface area contributed by atoms with E-state index in [0.29, 0.717) is 0 Å². The van der Waals surface area contributed by atoms with Crippen LogP contribution in [0.5, 0.6) is 0 Å². The number of aryl methyl sites for hydroxylation is 1. The van der Waals surface area contributed by atoms with E-state index in [4.69, 9.17) is 12.2 Å². The lowest BCUT2D eigenvalue weighted by atomic mass is 9.81. The van der Waals surface area contributed by atoms with Gasteiger partial charge < -0.3 is 5.73 Å². The van der Waals surface area contributed by atoms with Crippen LogP contribution >= 0.6 is 0 Å². The van der Waals surface area contributed by atoms with Crippen molar-refractivity contribution in [1.29, 1.82) is 0 Å². The molecule has 18 heavy (non-hydrogen) atoms. The molecule has 2 rings (SSSR count). The second kappa shape index (κ2) is 4.07. The van der Waals surface area contributed by atoms with Gasteiger partial charge >= 0.3 is 0 Å². The van der Waals surface area contributed by atoms with Crippen molar-refractivity contribution in [3.63, 3.8) is 0 Å². The van der Waals surface area contributed by atoms with E-state index in [1.54, 1.807) is 0 Å². The molecule has 0 aliphatic heterocycles. The van der Waals surface area contributed by atoms with Crippen LogP contribution in [0.4, 0.5) is 5.69 Å². The molecular weight excluding hydrogens is 218 g/mol. The summed E-state index contributed by atoms with van der Waals surface area (Å²) in [6.07, 6.45) is 5.69. The molecule has 0 amide bonds. The highest BCUT2D eigenvalue weighted by molar-refractivity contribution is 5.95. The maximum absolute atomic E-state index is 6.00. The van der Waals surface area contributed by atoms with Crippen molar-refractivity contribution in [2.75, 3.05) is 5.73 Å². The van der Waals surface area contributed by atoms with E-state index >= 15 is 0 Å². The van der Waals surface area contributed by atoms with Gasteiger partial charge in [-0.3, -0.25) is 0 Å². The minimum Gasteiger partial charge on any atom is -0.399 e. The second-order valence-electron chi connectivity index (χ2n) is 5.82. The van der Waals surface area contributed by atoms with Gasteiger partial charge in [0.2, 0.25) is 0 Å². The minimum absolute atomic E-state index is 0.0209. The summed E-state index contributed by atoms with van der Waals surface area (Å²) < 4.78 is 0. The van der Waals surface area contributed by atoms with Crippen molar-refractivity contribution in [2.24, 2.45) is 0 Å². The highest BCUT2D eigenvalue weighted by Crippen LogP contribution is 2.35. The Morgan fingerprint density at radius 2 is 1.83 bits per heavy atom. The van der Waals surface area contributed by atoms with Crippen LogP contribution in [0.15, 0.2) is 24.3 Å². The van der Waals surface area contributed by atoms with Crippen LogP contribution in [-0.4, -0.2) is 0 Å². The monoisotopic (exact) mass is 237 g/mol. The molecule has 0 saturated carbocycles. The Morgan fingerprint density at radius 3 is 2.39 bits per heavy atom.